The van der Waals surface area contributed by atoms with Gasteiger partial charge in [-0.25, -0.2) is 9.37 Å². The van der Waals surface area contributed by atoms with Crippen molar-refractivity contribution < 1.29 is 4.39 Å². The highest BCUT2D eigenvalue weighted by molar-refractivity contribution is 7.96. The van der Waals surface area contributed by atoms with Gasteiger partial charge in [0.1, 0.15) is 11.6 Å². The number of nitrogens with zero attached hydrogens (tertiary/aromatic N) is 2. The van der Waals surface area contributed by atoms with Crippen LogP contribution >= 0.6 is 11.9 Å². The van der Waals surface area contributed by atoms with Gasteiger partial charge in [-0.2, -0.15) is 0 Å². The molecule has 3 aromatic rings. The number of nitrogens with one attached hydrogen (secondary N) is 2. The molecule has 2 aromatic heterocycles. The second-order valence-electron chi connectivity index (χ2n) is 6.38. The van der Waals surface area contributed by atoms with E-state index in [4.69, 9.17) is 0 Å². The normalized spacial score (nSPS) is 15.8. The number of H-pyrrole nitrogens is 1. The molecule has 0 atom stereocenters. The summed E-state index contributed by atoms with van der Waals surface area (Å²) in [6.07, 6.45) is 8.14. The zero-order chi connectivity index (χ0) is 17.2. The van der Waals surface area contributed by atoms with Crippen LogP contribution in [0, 0.1) is 5.82 Å². The summed E-state index contributed by atoms with van der Waals surface area (Å²) in [7, 11) is 0. The zero-order valence-corrected chi connectivity index (χ0v) is 14.9. The van der Waals surface area contributed by atoms with Crippen molar-refractivity contribution in [2.24, 2.45) is 0 Å². The molecular formula is C19H21FN4S. The van der Waals surface area contributed by atoms with Crippen LogP contribution in [0.5, 0.6) is 0 Å². The number of fused-ring (bicyclic) bond motifs is 1. The molecule has 6 heteroatoms. The molecule has 1 saturated heterocycles. The van der Waals surface area contributed by atoms with Crippen molar-refractivity contribution in [3.05, 3.63) is 48.5 Å². The van der Waals surface area contributed by atoms with Gasteiger partial charge in [0.05, 0.1) is 0 Å². The third-order valence-corrected chi connectivity index (χ3v) is 5.38. The van der Waals surface area contributed by atoms with Crippen LogP contribution in [0.1, 0.15) is 12.8 Å². The zero-order valence-electron chi connectivity index (χ0n) is 14.1. The smallest absolute Gasteiger partial charge is 0.128 e. The first kappa shape index (κ1) is 16.4. The topological polar surface area (TPSA) is 44.0 Å². The molecule has 0 radical (unpaired) electrons. The second kappa shape index (κ2) is 7.06. The standard InChI is InChI=1S/C19H21FN4S/c1-25-23-15-6-8-24(9-7-15)19-5-2-13(11-22-19)17-12-21-18-4-3-14(20)10-16(17)18/h2-5,10-12,15,21,23H,6-9H2,1H3. The molecule has 1 aliphatic heterocycles. The number of aromatic nitrogens is 2. The number of piperidine rings is 1. The van der Waals surface area contributed by atoms with E-state index < -0.39 is 0 Å². The van der Waals surface area contributed by atoms with E-state index >= 15 is 0 Å². The Morgan fingerprint density at radius 2 is 2.08 bits per heavy atom. The molecule has 4 rings (SSSR count). The van der Waals surface area contributed by atoms with Crippen LogP contribution in [-0.2, 0) is 0 Å². The summed E-state index contributed by atoms with van der Waals surface area (Å²) in [6, 6.07) is 9.53. The molecule has 1 aliphatic rings. The Morgan fingerprint density at radius 1 is 1.24 bits per heavy atom. The maximum atomic E-state index is 13.6. The van der Waals surface area contributed by atoms with Crippen LogP contribution in [0.2, 0.25) is 0 Å². The molecule has 0 unspecified atom stereocenters. The van der Waals surface area contributed by atoms with Crippen molar-refractivity contribution in [1.29, 1.82) is 0 Å². The maximum absolute atomic E-state index is 13.6. The first-order valence-corrected chi connectivity index (χ1v) is 9.73. The van der Waals surface area contributed by atoms with E-state index in [2.05, 4.69) is 38.0 Å². The molecule has 1 aromatic carbocycles. The monoisotopic (exact) mass is 356 g/mol. The molecular weight excluding hydrogens is 335 g/mol. The van der Waals surface area contributed by atoms with Gasteiger partial charge in [0.25, 0.3) is 0 Å². The minimum absolute atomic E-state index is 0.223. The summed E-state index contributed by atoms with van der Waals surface area (Å²) in [4.78, 5) is 10.2. The Labute approximate surface area is 151 Å². The van der Waals surface area contributed by atoms with Crippen molar-refractivity contribution >= 4 is 28.7 Å². The Bertz CT molecular complexity index is 853. The van der Waals surface area contributed by atoms with Gasteiger partial charge in [-0.15, -0.1) is 0 Å². The fourth-order valence-corrected chi connectivity index (χ4v) is 4.03. The number of rotatable bonds is 4. The Hall–Kier alpha value is -2.05. The number of benzene rings is 1. The lowest BCUT2D eigenvalue weighted by atomic mass is 10.1. The van der Waals surface area contributed by atoms with Gasteiger partial charge in [-0.3, -0.25) is 4.72 Å². The number of anilines is 1. The molecule has 25 heavy (non-hydrogen) atoms. The number of halogens is 1. The van der Waals surface area contributed by atoms with Crippen molar-refractivity contribution in [3.63, 3.8) is 0 Å². The summed E-state index contributed by atoms with van der Waals surface area (Å²) in [6.45, 7) is 2.03. The van der Waals surface area contributed by atoms with Crippen LogP contribution in [0.4, 0.5) is 10.2 Å². The first-order valence-electron chi connectivity index (χ1n) is 8.51. The van der Waals surface area contributed by atoms with Gasteiger partial charge < -0.3 is 9.88 Å². The van der Waals surface area contributed by atoms with Gasteiger partial charge in [0, 0.05) is 53.6 Å². The highest BCUT2D eigenvalue weighted by Crippen LogP contribution is 2.30. The van der Waals surface area contributed by atoms with Crippen molar-refractivity contribution in [2.75, 3.05) is 24.2 Å². The van der Waals surface area contributed by atoms with Crippen molar-refractivity contribution in [2.45, 2.75) is 18.9 Å². The molecule has 0 aliphatic carbocycles. The number of hydrogen-bond donors (Lipinski definition) is 2. The fraction of sp³-hybridized carbons (Fsp3) is 0.316. The van der Waals surface area contributed by atoms with Crippen LogP contribution in [-0.4, -0.2) is 35.4 Å². The van der Waals surface area contributed by atoms with E-state index in [-0.39, 0.29) is 5.82 Å². The maximum Gasteiger partial charge on any atom is 0.128 e. The van der Waals surface area contributed by atoms with Gasteiger partial charge in [0.15, 0.2) is 0 Å². The predicted octanol–water partition coefficient (Wildman–Crippen LogP) is 4.21. The van der Waals surface area contributed by atoms with E-state index in [1.807, 2.05) is 12.4 Å². The Morgan fingerprint density at radius 3 is 2.80 bits per heavy atom. The molecule has 2 N–H and O–H groups in total. The van der Waals surface area contributed by atoms with Crippen LogP contribution in [0.15, 0.2) is 42.7 Å². The second-order valence-corrected chi connectivity index (χ2v) is 7.02. The van der Waals surface area contributed by atoms with E-state index in [1.54, 1.807) is 24.1 Å². The van der Waals surface area contributed by atoms with E-state index in [9.17, 15) is 4.39 Å². The van der Waals surface area contributed by atoms with E-state index in [0.29, 0.717) is 6.04 Å². The fourth-order valence-electron chi connectivity index (χ4n) is 3.46. The molecule has 130 valence electrons. The third kappa shape index (κ3) is 3.37. The third-order valence-electron chi connectivity index (χ3n) is 4.81. The highest BCUT2D eigenvalue weighted by Gasteiger charge is 2.19. The molecule has 0 bridgehead atoms. The first-order chi connectivity index (χ1) is 12.2. The Balaban J connectivity index is 1.53. The molecule has 4 nitrogen and oxygen atoms in total. The summed E-state index contributed by atoms with van der Waals surface area (Å²) >= 11 is 1.69. The average Bonchev–Trinajstić information content (AvgIpc) is 3.06. The van der Waals surface area contributed by atoms with Crippen LogP contribution < -0.4 is 9.62 Å². The quantitative estimate of drug-likeness (QED) is 0.688. The lowest BCUT2D eigenvalue weighted by molar-refractivity contribution is 0.477. The van der Waals surface area contributed by atoms with Gasteiger partial charge in [-0.05, 0) is 49.4 Å². The lowest BCUT2D eigenvalue weighted by Gasteiger charge is -2.32. The minimum atomic E-state index is -0.223. The van der Waals surface area contributed by atoms with Crippen LogP contribution in [0.25, 0.3) is 22.0 Å². The average molecular weight is 356 g/mol. The number of pyridine rings is 1. The molecule has 0 saturated carbocycles. The molecule has 1 fully saturated rings. The molecule has 0 spiro atoms. The van der Waals surface area contributed by atoms with Gasteiger partial charge >= 0.3 is 0 Å². The molecule has 3 heterocycles. The van der Waals surface area contributed by atoms with Crippen LogP contribution in [0.3, 0.4) is 0 Å². The van der Waals surface area contributed by atoms with E-state index in [1.165, 1.54) is 6.07 Å². The van der Waals surface area contributed by atoms with Gasteiger partial charge in [-0.1, -0.05) is 11.9 Å². The summed E-state index contributed by atoms with van der Waals surface area (Å²) in [5.41, 5.74) is 2.92. The summed E-state index contributed by atoms with van der Waals surface area (Å²) < 4.78 is 17.0. The SMILES string of the molecule is CSNC1CCN(c2ccc(-c3c[nH]c4ccc(F)cc34)cn2)CC1. The summed E-state index contributed by atoms with van der Waals surface area (Å²) in [5, 5.41) is 0.888. The molecule has 0 amide bonds. The lowest BCUT2D eigenvalue weighted by Crippen LogP contribution is -2.40. The predicted molar refractivity (Wildman–Crippen MR) is 103 cm³/mol. The Kier molecular flexibility index (Phi) is 4.63. The largest absolute Gasteiger partial charge is 0.361 e. The number of aromatic amines is 1. The highest BCUT2D eigenvalue weighted by atomic mass is 32.2. The number of hydrogen-bond acceptors (Lipinski definition) is 4. The van der Waals surface area contributed by atoms with E-state index in [0.717, 1.165) is 53.8 Å². The minimum Gasteiger partial charge on any atom is -0.361 e. The van der Waals surface area contributed by atoms with Crippen molar-refractivity contribution in [3.8, 4) is 11.1 Å². The van der Waals surface area contributed by atoms with Crippen molar-refractivity contribution in [1.82, 2.24) is 14.7 Å². The summed E-state index contributed by atoms with van der Waals surface area (Å²) in [5.74, 6) is 0.789. The van der Waals surface area contributed by atoms with Gasteiger partial charge in [0.2, 0.25) is 0 Å².